The lowest BCUT2D eigenvalue weighted by molar-refractivity contribution is -0.131. The highest BCUT2D eigenvalue weighted by molar-refractivity contribution is 5.76. The van der Waals surface area contributed by atoms with E-state index in [1.165, 1.54) is 11.0 Å². The summed E-state index contributed by atoms with van der Waals surface area (Å²) in [5.74, 6) is 0.0730. The lowest BCUT2D eigenvalue weighted by Gasteiger charge is -2.18. The minimum Gasteiger partial charge on any atom is -0.388 e. The highest BCUT2D eigenvalue weighted by Gasteiger charge is 2.33. The average Bonchev–Trinajstić information content (AvgIpc) is 2.72. The molecule has 0 saturated carbocycles. The van der Waals surface area contributed by atoms with Gasteiger partial charge in [0.25, 0.3) is 0 Å². The Balaban J connectivity index is 1.94. The minimum absolute atomic E-state index is 0.0809. The van der Waals surface area contributed by atoms with Crippen molar-refractivity contribution in [2.75, 3.05) is 18.8 Å². The van der Waals surface area contributed by atoms with E-state index in [1.807, 2.05) is 0 Å². The smallest absolute Gasteiger partial charge is 0.244 e. The highest BCUT2D eigenvalue weighted by Crippen LogP contribution is 2.20. The van der Waals surface area contributed by atoms with E-state index in [0.717, 1.165) is 0 Å². The van der Waals surface area contributed by atoms with Gasteiger partial charge in [0.1, 0.15) is 12.9 Å². The van der Waals surface area contributed by atoms with Crippen LogP contribution in [0.3, 0.4) is 0 Å². The SMILES string of the molecule is CC1(O)CCN(C(=O)Cn2cnc(N)n2)C1. The zero-order valence-corrected chi connectivity index (χ0v) is 9.13. The summed E-state index contributed by atoms with van der Waals surface area (Å²) < 4.78 is 1.39. The summed E-state index contributed by atoms with van der Waals surface area (Å²) in [4.78, 5) is 17.2. The third-order valence-corrected chi connectivity index (χ3v) is 2.66. The van der Waals surface area contributed by atoms with Crippen molar-refractivity contribution < 1.29 is 9.90 Å². The van der Waals surface area contributed by atoms with Gasteiger partial charge in [0.2, 0.25) is 11.9 Å². The predicted octanol–water partition coefficient (Wildman–Crippen LogP) is -1.16. The van der Waals surface area contributed by atoms with Gasteiger partial charge in [-0.1, -0.05) is 0 Å². The van der Waals surface area contributed by atoms with Crippen molar-refractivity contribution in [2.24, 2.45) is 0 Å². The Morgan fingerprint density at radius 1 is 1.75 bits per heavy atom. The summed E-state index contributed by atoms with van der Waals surface area (Å²) in [6.45, 7) is 2.79. The number of carbonyl (C=O) groups is 1. The van der Waals surface area contributed by atoms with E-state index in [9.17, 15) is 9.90 Å². The van der Waals surface area contributed by atoms with Gasteiger partial charge in [-0.15, -0.1) is 5.10 Å². The van der Waals surface area contributed by atoms with Gasteiger partial charge in [-0.25, -0.2) is 9.67 Å². The Kier molecular flexibility index (Phi) is 2.55. The number of nitrogens with zero attached hydrogens (tertiary/aromatic N) is 4. The Morgan fingerprint density at radius 3 is 3.00 bits per heavy atom. The average molecular weight is 225 g/mol. The second-order valence-corrected chi connectivity index (χ2v) is 4.36. The number of rotatable bonds is 2. The van der Waals surface area contributed by atoms with E-state index in [1.54, 1.807) is 11.8 Å². The monoisotopic (exact) mass is 225 g/mol. The van der Waals surface area contributed by atoms with Crippen molar-refractivity contribution in [3.8, 4) is 0 Å². The van der Waals surface area contributed by atoms with Crippen LogP contribution >= 0.6 is 0 Å². The number of β-amino-alcohol motifs (C(OH)–C–C–N with tert-alkyl or cyclic N) is 1. The summed E-state index contributed by atoms with van der Waals surface area (Å²) >= 11 is 0. The molecule has 2 heterocycles. The second-order valence-electron chi connectivity index (χ2n) is 4.36. The van der Waals surface area contributed by atoms with Gasteiger partial charge in [0.15, 0.2) is 0 Å². The van der Waals surface area contributed by atoms with Crippen LogP contribution in [-0.4, -0.2) is 49.4 Å². The molecule has 3 N–H and O–H groups in total. The first-order chi connectivity index (χ1) is 7.46. The molecule has 1 aromatic heterocycles. The van der Waals surface area contributed by atoms with Gasteiger partial charge in [-0.05, 0) is 13.3 Å². The molecule has 16 heavy (non-hydrogen) atoms. The molecule has 1 saturated heterocycles. The molecule has 88 valence electrons. The molecular formula is C9H15N5O2. The Labute approximate surface area is 92.9 Å². The highest BCUT2D eigenvalue weighted by atomic mass is 16.3. The summed E-state index contributed by atoms with van der Waals surface area (Å²) in [7, 11) is 0. The maximum absolute atomic E-state index is 11.8. The molecule has 1 unspecified atom stereocenters. The zero-order valence-electron chi connectivity index (χ0n) is 9.13. The first kappa shape index (κ1) is 10.9. The summed E-state index contributed by atoms with van der Waals surface area (Å²) in [5.41, 5.74) is 4.58. The van der Waals surface area contributed by atoms with Crippen molar-refractivity contribution in [2.45, 2.75) is 25.5 Å². The van der Waals surface area contributed by atoms with Crippen molar-refractivity contribution >= 4 is 11.9 Å². The Bertz CT molecular complexity index is 400. The van der Waals surface area contributed by atoms with Crippen LogP contribution in [0.15, 0.2) is 6.33 Å². The van der Waals surface area contributed by atoms with E-state index < -0.39 is 5.60 Å². The van der Waals surface area contributed by atoms with Crippen molar-refractivity contribution in [1.82, 2.24) is 19.7 Å². The number of nitrogens with two attached hydrogens (primary N) is 1. The van der Waals surface area contributed by atoms with E-state index in [0.29, 0.717) is 19.5 Å². The molecule has 0 bridgehead atoms. The van der Waals surface area contributed by atoms with Crippen LogP contribution in [0.4, 0.5) is 5.95 Å². The van der Waals surface area contributed by atoms with E-state index in [-0.39, 0.29) is 18.4 Å². The van der Waals surface area contributed by atoms with Gasteiger partial charge < -0.3 is 15.7 Å². The van der Waals surface area contributed by atoms with Crippen molar-refractivity contribution in [3.05, 3.63) is 6.33 Å². The molecular weight excluding hydrogens is 210 g/mol. The molecule has 1 aliphatic rings. The standard InChI is InChI=1S/C9H15N5O2/c1-9(16)2-3-13(5-9)7(15)4-14-6-11-8(10)12-14/h6,16H,2-5H2,1H3,(H2,10,12). The number of hydrogen-bond acceptors (Lipinski definition) is 5. The van der Waals surface area contributed by atoms with E-state index in [2.05, 4.69) is 10.1 Å². The molecule has 1 amide bonds. The first-order valence-corrected chi connectivity index (χ1v) is 5.11. The van der Waals surface area contributed by atoms with Gasteiger partial charge in [0, 0.05) is 13.1 Å². The fourth-order valence-electron chi connectivity index (χ4n) is 1.78. The minimum atomic E-state index is -0.767. The van der Waals surface area contributed by atoms with E-state index >= 15 is 0 Å². The molecule has 1 fully saturated rings. The number of amides is 1. The number of likely N-dealkylation sites (tertiary alicyclic amines) is 1. The summed E-state index contributed by atoms with van der Waals surface area (Å²) in [5, 5.41) is 13.6. The van der Waals surface area contributed by atoms with Crippen LogP contribution in [0.1, 0.15) is 13.3 Å². The molecule has 0 aliphatic carbocycles. The molecule has 7 nitrogen and oxygen atoms in total. The van der Waals surface area contributed by atoms with Crippen LogP contribution < -0.4 is 5.73 Å². The number of nitrogen functional groups attached to an aromatic ring is 1. The van der Waals surface area contributed by atoms with Gasteiger partial charge in [-0.2, -0.15) is 0 Å². The lowest BCUT2D eigenvalue weighted by Crippen LogP contribution is -2.35. The second kappa shape index (κ2) is 3.75. The van der Waals surface area contributed by atoms with Crippen LogP contribution in [0, 0.1) is 0 Å². The lowest BCUT2D eigenvalue weighted by atomic mass is 10.1. The Morgan fingerprint density at radius 2 is 2.50 bits per heavy atom. The van der Waals surface area contributed by atoms with Crippen molar-refractivity contribution in [1.29, 1.82) is 0 Å². The topological polar surface area (TPSA) is 97.3 Å². The van der Waals surface area contributed by atoms with Gasteiger partial charge in [-0.3, -0.25) is 4.79 Å². The largest absolute Gasteiger partial charge is 0.388 e. The van der Waals surface area contributed by atoms with Crippen LogP contribution in [0.5, 0.6) is 0 Å². The quantitative estimate of drug-likeness (QED) is 0.662. The maximum atomic E-state index is 11.8. The molecule has 7 heteroatoms. The molecule has 1 atom stereocenters. The van der Waals surface area contributed by atoms with Gasteiger partial charge in [0.05, 0.1) is 5.60 Å². The van der Waals surface area contributed by atoms with Crippen molar-refractivity contribution in [3.63, 3.8) is 0 Å². The van der Waals surface area contributed by atoms with Crippen LogP contribution in [0.25, 0.3) is 0 Å². The fraction of sp³-hybridized carbons (Fsp3) is 0.667. The predicted molar refractivity (Wildman–Crippen MR) is 56.3 cm³/mol. The molecule has 0 aromatic carbocycles. The van der Waals surface area contributed by atoms with Gasteiger partial charge >= 0.3 is 0 Å². The Hall–Kier alpha value is -1.63. The van der Waals surface area contributed by atoms with Crippen LogP contribution in [0.2, 0.25) is 0 Å². The number of hydrogen-bond donors (Lipinski definition) is 2. The molecule has 1 aliphatic heterocycles. The number of aromatic nitrogens is 3. The zero-order chi connectivity index (χ0) is 11.8. The first-order valence-electron chi connectivity index (χ1n) is 5.11. The fourth-order valence-corrected chi connectivity index (χ4v) is 1.78. The normalized spacial score (nSPS) is 25.0. The number of aliphatic hydroxyl groups is 1. The molecule has 0 radical (unpaired) electrons. The third kappa shape index (κ3) is 2.30. The number of carbonyl (C=O) groups excluding carboxylic acids is 1. The van der Waals surface area contributed by atoms with E-state index in [4.69, 9.17) is 5.73 Å². The maximum Gasteiger partial charge on any atom is 0.244 e. The third-order valence-electron chi connectivity index (χ3n) is 2.66. The summed E-state index contributed by atoms with van der Waals surface area (Å²) in [6.07, 6.45) is 2.03. The molecule has 1 aromatic rings. The molecule has 0 spiro atoms. The molecule has 2 rings (SSSR count). The van der Waals surface area contributed by atoms with Crippen LogP contribution in [-0.2, 0) is 11.3 Å². The number of anilines is 1. The summed E-state index contributed by atoms with van der Waals surface area (Å²) in [6, 6.07) is 0.